The number of nitrogens with two attached hydrogens (primary N) is 2. The molecule has 13 heavy (non-hydrogen) atoms. The number of rotatable bonds is 10. The molecule has 0 radical (unpaired) electrons. The molecule has 80 valence electrons. The van der Waals surface area contributed by atoms with E-state index in [0.717, 1.165) is 25.9 Å². The molecule has 0 aliphatic heterocycles. The first-order chi connectivity index (χ1) is 6.41. The van der Waals surface area contributed by atoms with E-state index < -0.39 is 10.0 Å². The second-order valence-electron chi connectivity index (χ2n) is 2.93. The SMILES string of the molecule is NCCC[SiH2]O[SiH2]O[SiH2]CCCN. The van der Waals surface area contributed by atoms with E-state index in [1.165, 1.54) is 12.1 Å². The Kier molecular flexibility index (Phi) is 13.0. The Morgan fingerprint density at radius 2 is 1.31 bits per heavy atom. The fraction of sp³-hybridized carbons (Fsp3) is 1.00. The lowest BCUT2D eigenvalue weighted by molar-refractivity contribution is 0.489. The Hall–Kier alpha value is 0.491. The van der Waals surface area contributed by atoms with Crippen molar-refractivity contribution >= 4 is 29.5 Å². The first kappa shape index (κ1) is 13.5. The first-order valence-corrected chi connectivity index (χ1v) is 9.28. The van der Waals surface area contributed by atoms with E-state index in [0.29, 0.717) is 0 Å². The van der Waals surface area contributed by atoms with Crippen molar-refractivity contribution in [2.75, 3.05) is 13.1 Å². The average molecular weight is 239 g/mol. The highest BCUT2D eigenvalue weighted by Crippen LogP contribution is 1.87. The van der Waals surface area contributed by atoms with E-state index in [-0.39, 0.29) is 19.5 Å². The van der Waals surface area contributed by atoms with E-state index in [9.17, 15) is 0 Å². The van der Waals surface area contributed by atoms with Crippen molar-refractivity contribution in [1.29, 1.82) is 0 Å². The maximum absolute atomic E-state index is 5.52. The topological polar surface area (TPSA) is 70.5 Å². The molecule has 7 heteroatoms. The van der Waals surface area contributed by atoms with Gasteiger partial charge in [-0.05, 0) is 38.0 Å². The van der Waals surface area contributed by atoms with Gasteiger partial charge in [0.05, 0.1) is 0 Å². The summed E-state index contributed by atoms with van der Waals surface area (Å²) < 4.78 is 11.0. The largest absolute Gasteiger partial charge is 0.446 e. The molecular weight excluding hydrogens is 216 g/mol. The Morgan fingerprint density at radius 1 is 0.846 bits per heavy atom. The highest BCUT2D eigenvalue weighted by atomic mass is 28.4. The molecule has 0 spiro atoms. The third-order valence-corrected chi connectivity index (χ3v) is 6.87. The molecule has 0 amide bonds. The van der Waals surface area contributed by atoms with Crippen LogP contribution in [0.25, 0.3) is 0 Å². The molecule has 0 aromatic rings. The summed E-state index contributed by atoms with van der Waals surface area (Å²) in [5.74, 6) is 0. The summed E-state index contributed by atoms with van der Waals surface area (Å²) in [5.41, 5.74) is 10.7. The van der Waals surface area contributed by atoms with Crippen LogP contribution in [0.3, 0.4) is 0 Å². The fourth-order valence-corrected chi connectivity index (χ4v) is 5.97. The second-order valence-corrected chi connectivity index (χ2v) is 8.66. The van der Waals surface area contributed by atoms with Crippen LogP contribution >= 0.6 is 0 Å². The summed E-state index contributed by atoms with van der Waals surface area (Å²) in [6.45, 7) is 1.59. The molecule has 0 aliphatic rings. The standard InChI is InChI=1S/C6H22N2O2Si3/c7-3-1-5-11-9-13-10-12-6-2-4-8/h1-8,11-13H2. The van der Waals surface area contributed by atoms with E-state index >= 15 is 0 Å². The Balaban J connectivity index is 2.76. The van der Waals surface area contributed by atoms with E-state index in [2.05, 4.69) is 0 Å². The van der Waals surface area contributed by atoms with Crippen LogP contribution in [0.4, 0.5) is 0 Å². The highest BCUT2D eigenvalue weighted by molar-refractivity contribution is 6.45. The Morgan fingerprint density at radius 3 is 1.69 bits per heavy atom. The average Bonchev–Trinajstić information content (AvgIpc) is 2.16. The van der Waals surface area contributed by atoms with Crippen molar-refractivity contribution in [3.63, 3.8) is 0 Å². The lowest BCUT2D eigenvalue weighted by Gasteiger charge is -2.04. The summed E-state index contributed by atoms with van der Waals surface area (Å²) in [6, 6.07) is 2.41. The predicted molar refractivity (Wildman–Crippen MR) is 64.8 cm³/mol. The zero-order chi connectivity index (χ0) is 9.78. The molecule has 0 rings (SSSR count). The zero-order valence-electron chi connectivity index (χ0n) is 8.34. The van der Waals surface area contributed by atoms with Gasteiger partial charge in [0.15, 0.2) is 0 Å². The molecule has 0 bridgehead atoms. The highest BCUT2D eigenvalue weighted by Gasteiger charge is 1.91. The van der Waals surface area contributed by atoms with Crippen LogP contribution in [-0.4, -0.2) is 42.6 Å². The second kappa shape index (κ2) is 12.5. The zero-order valence-corrected chi connectivity index (χ0v) is 12.6. The van der Waals surface area contributed by atoms with Gasteiger partial charge in [-0.2, -0.15) is 0 Å². The summed E-state index contributed by atoms with van der Waals surface area (Å²) in [5, 5.41) is 0. The van der Waals surface area contributed by atoms with E-state index in [1.807, 2.05) is 0 Å². The van der Waals surface area contributed by atoms with Gasteiger partial charge in [-0.3, -0.25) is 0 Å². The molecule has 4 nitrogen and oxygen atoms in total. The molecule has 0 aliphatic carbocycles. The van der Waals surface area contributed by atoms with Crippen molar-refractivity contribution in [3.8, 4) is 0 Å². The molecule has 0 atom stereocenters. The van der Waals surface area contributed by atoms with Crippen LogP contribution in [-0.2, 0) is 8.23 Å². The van der Waals surface area contributed by atoms with Gasteiger partial charge in [-0.25, -0.2) is 0 Å². The summed E-state index contributed by atoms with van der Waals surface area (Å²) >= 11 is 0. The van der Waals surface area contributed by atoms with E-state index in [4.69, 9.17) is 19.7 Å². The molecule has 0 saturated carbocycles. The van der Waals surface area contributed by atoms with Gasteiger partial charge in [-0.15, -0.1) is 0 Å². The number of hydrogen-bond acceptors (Lipinski definition) is 4. The quantitative estimate of drug-likeness (QED) is 0.332. The lowest BCUT2D eigenvalue weighted by Crippen LogP contribution is -2.12. The van der Waals surface area contributed by atoms with Crippen molar-refractivity contribution in [2.45, 2.75) is 24.9 Å². The van der Waals surface area contributed by atoms with Crippen molar-refractivity contribution in [1.82, 2.24) is 0 Å². The van der Waals surface area contributed by atoms with Crippen LogP contribution in [0, 0.1) is 0 Å². The van der Waals surface area contributed by atoms with Gasteiger partial charge in [-0.1, -0.05) is 0 Å². The van der Waals surface area contributed by atoms with Crippen LogP contribution in [0.2, 0.25) is 12.1 Å². The van der Waals surface area contributed by atoms with Crippen molar-refractivity contribution in [2.24, 2.45) is 11.5 Å². The van der Waals surface area contributed by atoms with Gasteiger partial charge in [0, 0.05) is 0 Å². The lowest BCUT2D eigenvalue weighted by atomic mass is 10.5. The van der Waals surface area contributed by atoms with Crippen LogP contribution < -0.4 is 11.5 Å². The van der Waals surface area contributed by atoms with Crippen molar-refractivity contribution in [3.05, 3.63) is 0 Å². The minimum atomic E-state index is -0.603. The first-order valence-electron chi connectivity index (χ1n) is 4.97. The molecule has 4 N–H and O–H groups in total. The third-order valence-electron chi connectivity index (χ3n) is 1.65. The van der Waals surface area contributed by atoms with Gasteiger partial charge < -0.3 is 19.7 Å². The minimum Gasteiger partial charge on any atom is -0.446 e. The minimum absolute atomic E-state index is 0.285. The summed E-state index contributed by atoms with van der Waals surface area (Å²) in [4.78, 5) is 0. The van der Waals surface area contributed by atoms with Gasteiger partial charge in [0.25, 0.3) is 10.0 Å². The molecule has 0 fully saturated rings. The smallest absolute Gasteiger partial charge is 0.283 e. The van der Waals surface area contributed by atoms with Gasteiger partial charge >= 0.3 is 0 Å². The maximum Gasteiger partial charge on any atom is 0.283 e. The van der Waals surface area contributed by atoms with Gasteiger partial charge in [0.2, 0.25) is 0 Å². The van der Waals surface area contributed by atoms with Crippen LogP contribution in [0.5, 0.6) is 0 Å². The maximum atomic E-state index is 5.52. The monoisotopic (exact) mass is 238 g/mol. The molecule has 0 heterocycles. The molecular formula is C6H22N2O2Si3. The Bertz CT molecular complexity index is 89.9. The number of hydrogen-bond donors (Lipinski definition) is 2. The van der Waals surface area contributed by atoms with Crippen LogP contribution in [0.1, 0.15) is 12.8 Å². The molecule has 0 saturated heterocycles. The summed E-state index contributed by atoms with van der Waals surface area (Å²) in [7, 11) is -1.17. The predicted octanol–water partition coefficient (Wildman–Crippen LogP) is -2.28. The van der Waals surface area contributed by atoms with Gasteiger partial charge in [0.1, 0.15) is 19.5 Å². The van der Waals surface area contributed by atoms with Crippen LogP contribution in [0.15, 0.2) is 0 Å². The van der Waals surface area contributed by atoms with Crippen molar-refractivity contribution < 1.29 is 8.23 Å². The summed E-state index contributed by atoms with van der Waals surface area (Å²) in [6.07, 6.45) is 2.23. The molecule has 0 aromatic carbocycles. The molecule has 0 aromatic heterocycles. The molecule has 0 unspecified atom stereocenters. The van der Waals surface area contributed by atoms with E-state index in [1.54, 1.807) is 0 Å². The Labute approximate surface area is 87.7 Å². The normalized spacial score (nSPS) is 13.4. The fourth-order valence-electron chi connectivity index (χ4n) is 0.874. The third kappa shape index (κ3) is 12.5.